The van der Waals surface area contributed by atoms with Crippen LogP contribution in [0.3, 0.4) is 0 Å². The minimum atomic E-state index is -0.622. The number of aromatic nitrogens is 3. The van der Waals surface area contributed by atoms with Crippen LogP contribution >= 0.6 is 22.9 Å². The van der Waals surface area contributed by atoms with E-state index in [9.17, 15) is 9.59 Å². The fourth-order valence-corrected chi connectivity index (χ4v) is 4.29. The molecule has 0 fully saturated rings. The van der Waals surface area contributed by atoms with Crippen LogP contribution in [0.1, 0.15) is 16.9 Å². The first-order chi connectivity index (χ1) is 14.4. The van der Waals surface area contributed by atoms with Gasteiger partial charge in [-0.3, -0.25) is 14.3 Å². The molecular weight excluding hydrogens is 422 g/mol. The Kier molecular flexibility index (Phi) is 6.12. The maximum atomic E-state index is 13.2. The average molecular weight is 436 g/mol. The van der Waals surface area contributed by atoms with E-state index in [1.165, 1.54) is 23.0 Å². The van der Waals surface area contributed by atoms with Crippen molar-refractivity contribution in [1.82, 2.24) is 14.1 Å². The highest BCUT2D eigenvalue weighted by Crippen LogP contribution is 2.33. The number of thiophene rings is 1. The third kappa shape index (κ3) is 3.74. The molecule has 0 unspecified atom stereocenters. The lowest BCUT2D eigenvalue weighted by molar-refractivity contribution is 0.662. The lowest BCUT2D eigenvalue weighted by atomic mass is 10.2. The van der Waals surface area contributed by atoms with E-state index in [-0.39, 0.29) is 29.2 Å². The molecule has 0 aliphatic carbocycles. The van der Waals surface area contributed by atoms with Crippen molar-refractivity contribution in [3.63, 3.8) is 0 Å². The molecule has 3 heterocycles. The number of rotatable bonds is 6. The summed E-state index contributed by atoms with van der Waals surface area (Å²) in [5.74, 6) is 0. The summed E-state index contributed by atoms with van der Waals surface area (Å²) in [6.45, 7) is 7.49. The van der Waals surface area contributed by atoms with Crippen molar-refractivity contribution in [3.05, 3.63) is 86.1 Å². The van der Waals surface area contributed by atoms with E-state index in [1.807, 2.05) is 12.1 Å². The molecule has 0 saturated carbocycles. The molecule has 3 aromatic heterocycles. The van der Waals surface area contributed by atoms with Crippen molar-refractivity contribution < 1.29 is 0 Å². The maximum Gasteiger partial charge on any atom is 0.336 e. The van der Waals surface area contributed by atoms with Gasteiger partial charge in [0.2, 0.25) is 0 Å². The van der Waals surface area contributed by atoms with Gasteiger partial charge < -0.3 is 0 Å². The SMILES string of the molecule is C=C/C=C(\C(=C)Cl)c1cc2c(s1)c(=O)n(-c1cncc(C#N)c1)c(=O)n2CCC#N. The third-order valence-corrected chi connectivity index (χ3v) is 5.57. The van der Waals surface area contributed by atoms with E-state index < -0.39 is 11.2 Å². The zero-order valence-corrected chi connectivity index (χ0v) is 17.2. The van der Waals surface area contributed by atoms with E-state index in [0.717, 1.165) is 15.9 Å². The summed E-state index contributed by atoms with van der Waals surface area (Å²) in [6, 6.07) is 7.04. The Hall–Kier alpha value is -3.72. The normalized spacial score (nSPS) is 11.1. The molecule has 0 aromatic carbocycles. The van der Waals surface area contributed by atoms with Gasteiger partial charge in [0.1, 0.15) is 10.8 Å². The number of fused-ring (bicyclic) bond motifs is 1. The van der Waals surface area contributed by atoms with Crippen LogP contribution in [0.4, 0.5) is 0 Å². The summed E-state index contributed by atoms with van der Waals surface area (Å²) in [4.78, 5) is 31.0. The highest BCUT2D eigenvalue weighted by molar-refractivity contribution is 7.20. The van der Waals surface area contributed by atoms with E-state index >= 15 is 0 Å². The molecule has 0 N–H and O–H groups in total. The van der Waals surface area contributed by atoms with Crippen molar-refractivity contribution in [2.75, 3.05) is 0 Å². The Morgan fingerprint density at radius 2 is 2.07 bits per heavy atom. The molecule has 0 aliphatic rings. The molecule has 3 aromatic rings. The molecule has 0 radical (unpaired) electrons. The van der Waals surface area contributed by atoms with Crippen LogP contribution in [0.25, 0.3) is 21.5 Å². The molecule has 0 saturated heterocycles. The summed E-state index contributed by atoms with van der Waals surface area (Å²) in [5.41, 5.74) is 0.191. The van der Waals surface area contributed by atoms with Crippen LogP contribution in [0.15, 0.2) is 64.5 Å². The maximum absolute atomic E-state index is 13.2. The van der Waals surface area contributed by atoms with Crippen molar-refractivity contribution in [3.8, 4) is 17.8 Å². The monoisotopic (exact) mass is 435 g/mol. The Morgan fingerprint density at radius 1 is 1.30 bits per heavy atom. The minimum Gasteiger partial charge on any atom is -0.291 e. The second-order valence-corrected chi connectivity index (χ2v) is 7.58. The van der Waals surface area contributed by atoms with Crippen molar-refractivity contribution in [1.29, 1.82) is 10.5 Å². The first-order valence-electron chi connectivity index (χ1n) is 8.62. The van der Waals surface area contributed by atoms with Gasteiger partial charge in [0.15, 0.2) is 0 Å². The second kappa shape index (κ2) is 8.75. The van der Waals surface area contributed by atoms with E-state index in [2.05, 4.69) is 18.1 Å². The number of hydrogen-bond acceptors (Lipinski definition) is 6. The van der Waals surface area contributed by atoms with Gasteiger partial charge in [-0.05, 0) is 12.1 Å². The molecule has 0 bridgehead atoms. The highest BCUT2D eigenvalue weighted by Gasteiger charge is 2.19. The molecule has 0 aliphatic heterocycles. The number of allylic oxidation sites excluding steroid dienone is 4. The van der Waals surface area contributed by atoms with Crippen LogP contribution in [-0.4, -0.2) is 14.1 Å². The molecule has 0 amide bonds. The Bertz CT molecular complexity index is 1410. The Morgan fingerprint density at radius 3 is 2.70 bits per heavy atom. The zero-order valence-electron chi connectivity index (χ0n) is 15.6. The third-order valence-electron chi connectivity index (χ3n) is 4.22. The van der Waals surface area contributed by atoms with Gasteiger partial charge in [-0.1, -0.05) is 36.9 Å². The smallest absolute Gasteiger partial charge is 0.291 e. The van der Waals surface area contributed by atoms with E-state index in [0.29, 0.717) is 20.7 Å². The molecule has 148 valence electrons. The molecule has 7 nitrogen and oxygen atoms in total. The van der Waals surface area contributed by atoms with Gasteiger partial charge in [-0.15, -0.1) is 11.3 Å². The van der Waals surface area contributed by atoms with Crippen LogP contribution in [-0.2, 0) is 6.54 Å². The van der Waals surface area contributed by atoms with Crippen molar-refractivity contribution in [2.45, 2.75) is 13.0 Å². The van der Waals surface area contributed by atoms with Crippen molar-refractivity contribution >= 4 is 38.7 Å². The summed E-state index contributed by atoms with van der Waals surface area (Å²) < 4.78 is 2.62. The average Bonchev–Trinajstić information content (AvgIpc) is 3.17. The zero-order chi connectivity index (χ0) is 21.8. The number of aryl methyl sites for hydroxylation is 1. The standard InChI is InChI=1S/C21H14ClN5O2S/c1-3-5-16(13(2)22)18-9-17-19(30-18)20(28)27(21(29)26(17)7-4-6-23)15-8-14(10-24)11-25-12-15/h3,5,8-9,11-12H,1-2,4,7H2/b16-5+. The van der Waals surface area contributed by atoms with Gasteiger partial charge in [-0.2, -0.15) is 10.5 Å². The topological polar surface area (TPSA) is 104 Å². The van der Waals surface area contributed by atoms with E-state index in [4.69, 9.17) is 22.1 Å². The molecular formula is C21H14ClN5O2S. The first-order valence-corrected chi connectivity index (χ1v) is 9.82. The minimum absolute atomic E-state index is 0.0758. The largest absolute Gasteiger partial charge is 0.336 e. The Balaban J connectivity index is 2.41. The number of nitrogens with zero attached hydrogens (tertiary/aromatic N) is 5. The molecule has 0 spiro atoms. The van der Waals surface area contributed by atoms with Crippen LogP contribution in [0.5, 0.6) is 0 Å². The number of pyridine rings is 1. The molecule has 9 heteroatoms. The lowest BCUT2D eigenvalue weighted by Crippen LogP contribution is -2.38. The van der Waals surface area contributed by atoms with E-state index in [1.54, 1.807) is 18.2 Å². The highest BCUT2D eigenvalue weighted by atomic mass is 35.5. The Labute approximate surface area is 180 Å². The lowest BCUT2D eigenvalue weighted by Gasteiger charge is -2.10. The van der Waals surface area contributed by atoms with Gasteiger partial charge in [0.05, 0.1) is 35.5 Å². The van der Waals surface area contributed by atoms with Crippen LogP contribution in [0, 0.1) is 22.7 Å². The number of nitriles is 2. The molecule has 30 heavy (non-hydrogen) atoms. The fourth-order valence-electron chi connectivity index (χ4n) is 2.92. The summed E-state index contributed by atoms with van der Waals surface area (Å²) in [6.07, 6.45) is 5.96. The van der Waals surface area contributed by atoms with Crippen LogP contribution < -0.4 is 11.2 Å². The number of hydrogen-bond donors (Lipinski definition) is 0. The molecule has 0 atom stereocenters. The van der Waals surface area contributed by atoms with Gasteiger partial charge in [0, 0.05) is 28.2 Å². The first kappa shape index (κ1) is 21.0. The number of halogens is 1. The fraction of sp³-hybridized carbons (Fsp3) is 0.0952. The summed E-state index contributed by atoms with van der Waals surface area (Å²) >= 11 is 7.25. The van der Waals surface area contributed by atoms with Gasteiger partial charge in [0.25, 0.3) is 5.56 Å². The quantitative estimate of drug-likeness (QED) is 0.549. The second-order valence-electron chi connectivity index (χ2n) is 6.07. The molecule has 3 rings (SSSR count). The summed E-state index contributed by atoms with van der Waals surface area (Å²) in [7, 11) is 0. The van der Waals surface area contributed by atoms with Crippen molar-refractivity contribution in [2.24, 2.45) is 0 Å². The van der Waals surface area contributed by atoms with Crippen LogP contribution in [0.2, 0.25) is 0 Å². The van der Waals surface area contributed by atoms with Gasteiger partial charge >= 0.3 is 5.69 Å². The van der Waals surface area contributed by atoms with Gasteiger partial charge in [-0.25, -0.2) is 9.36 Å². The summed E-state index contributed by atoms with van der Waals surface area (Å²) in [5, 5.41) is 18.4. The predicted molar refractivity (Wildman–Crippen MR) is 118 cm³/mol. The predicted octanol–water partition coefficient (Wildman–Crippen LogP) is 3.72.